The molecule has 0 aromatic heterocycles. The van der Waals surface area contributed by atoms with Gasteiger partial charge in [0.25, 0.3) is 0 Å². The van der Waals surface area contributed by atoms with Crippen LogP contribution in [-0.2, 0) is 0 Å². The molecule has 3 aromatic carbocycles. The number of aliphatic hydroxyl groups excluding tert-OH is 1. The van der Waals surface area contributed by atoms with Crippen LogP contribution in [0.25, 0.3) is 10.8 Å². The van der Waals surface area contributed by atoms with E-state index in [9.17, 15) is 5.11 Å². The van der Waals surface area contributed by atoms with E-state index in [4.69, 9.17) is 14.2 Å². The summed E-state index contributed by atoms with van der Waals surface area (Å²) in [5.74, 6) is 2.01. The van der Waals surface area contributed by atoms with Gasteiger partial charge in [0, 0.05) is 17.4 Å². The molecule has 0 amide bonds. The SMILES string of the molecule is COc1cc([C@@H]2CC(O)c3ccc4ccccc4c3O2)cc(Br)c1OC. The Labute approximate surface area is 160 Å². The summed E-state index contributed by atoms with van der Waals surface area (Å²) in [4.78, 5) is 0. The first-order valence-corrected chi connectivity index (χ1v) is 9.19. The lowest BCUT2D eigenvalue weighted by atomic mass is 9.92. The number of methoxy groups -OCH3 is 2. The molecule has 1 heterocycles. The van der Waals surface area contributed by atoms with Gasteiger partial charge >= 0.3 is 0 Å². The van der Waals surface area contributed by atoms with Crippen LogP contribution in [0.2, 0.25) is 0 Å². The highest BCUT2D eigenvalue weighted by Gasteiger charge is 2.30. The zero-order valence-corrected chi connectivity index (χ0v) is 16.1. The third kappa shape index (κ3) is 2.81. The number of fused-ring (bicyclic) bond motifs is 3. The average molecular weight is 415 g/mol. The summed E-state index contributed by atoms with van der Waals surface area (Å²) in [5, 5.41) is 12.8. The molecule has 1 unspecified atom stereocenters. The smallest absolute Gasteiger partial charge is 0.174 e. The molecule has 5 heteroatoms. The van der Waals surface area contributed by atoms with Crippen LogP contribution < -0.4 is 14.2 Å². The highest BCUT2D eigenvalue weighted by Crippen LogP contribution is 2.46. The van der Waals surface area contributed by atoms with Crippen LogP contribution >= 0.6 is 15.9 Å². The normalized spacial score (nSPS) is 18.9. The fourth-order valence-corrected chi connectivity index (χ4v) is 4.12. The number of hydrogen-bond acceptors (Lipinski definition) is 4. The van der Waals surface area contributed by atoms with E-state index >= 15 is 0 Å². The van der Waals surface area contributed by atoms with Gasteiger partial charge < -0.3 is 19.3 Å². The molecule has 1 N–H and O–H groups in total. The maximum absolute atomic E-state index is 10.7. The topological polar surface area (TPSA) is 47.9 Å². The predicted octanol–water partition coefficient (Wildman–Crippen LogP) is 5.18. The Morgan fingerprint density at radius 1 is 1.08 bits per heavy atom. The lowest BCUT2D eigenvalue weighted by Crippen LogP contribution is -2.19. The molecule has 3 aromatic rings. The summed E-state index contributed by atoms with van der Waals surface area (Å²) < 4.78 is 18.0. The monoisotopic (exact) mass is 414 g/mol. The van der Waals surface area contributed by atoms with Gasteiger partial charge in [-0.2, -0.15) is 0 Å². The lowest BCUT2D eigenvalue weighted by molar-refractivity contribution is 0.0670. The average Bonchev–Trinajstić information content (AvgIpc) is 2.67. The van der Waals surface area contributed by atoms with Crippen molar-refractivity contribution in [1.29, 1.82) is 0 Å². The molecule has 0 bridgehead atoms. The van der Waals surface area contributed by atoms with Crippen molar-refractivity contribution in [2.75, 3.05) is 14.2 Å². The number of hydrogen-bond donors (Lipinski definition) is 1. The standard InChI is InChI=1S/C21H19BrO4/c1-24-19-10-13(9-16(22)21(19)25-2)18-11-17(23)15-8-7-12-5-3-4-6-14(12)20(15)26-18/h3-10,17-18,23H,11H2,1-2H3/t17?,18-/m0/s1. The molecule has 1 aliphatic rings. The Morgan fingerprint density at radius 3 is 2.65 bits per heavy atom. The summed E-state index contributed by atoms with van der Waals surface area (Å²) >= 11 is 3.53. The van der Waals surface area contributed by atoms with Crippen molar-refractivity contribution in [3.8, 4) is 17.2 Å². The number of rotatable bonds is 3. The Hall–Kier alpha value is -2.24. The molecule has 0 spiro atoms. The molecule has 134 valence electrons. The number of aliphatic hydroxyl groups is 1. The van der Waals surface area contributed by atoms with E-state index in [0.717, 1.165) is 32.1 Å². The van der Waals surface area contributed by atoms with Crippen LogP contribution in [0.15, 0.2) is 53.0 Å². The Bertz CT molecular complexity index is 970. The van der Waals surface area contributed by atoms with Gasteiger partial charge in [-0.3, -0.25) is 0 Å². The highest BCUT2D eigenvalue weighted by molar-refractivity contribution is 9.10. The summed E-state index contributed by atoms with van der Waals surface area (Å²) in [5.41, 5.74) is 1.76. The maximum Gasteiger partial charge on any atom is 0.174 e. The Kier molecular flexibility index (Phi) is 4.51. The van der Waals surface area contributed by atoms with Gasteiger partial charge in [-0.05, 0) is 39.0 Å². The molecule has 0 saturated heterocycles. The molecule has 4 nitrogen and oxygen atoms in total. The second-order valence-corrected chi connectivity index (χ2v) is 7.16. The molecule has 26 heavy (non-hydrogen) atoms. The minimum atomic E-state index is -0.583. The van der Waals surface area contributed by atoms with Crippen molar-refractivity contribution >= 4 is 26.7 Å². The van der Waals surface area contributed by atoms with E-state index in [0.29, 0.717) is 17.9 Å². The van der Waals surface area contributed by atoms with E-state index in [2.05, 4.69) is 15.9 Å². The van der Waals surface area contributed by atoms with Gasteiger partial charge in [-0.25, -0.2) is 0 Å². The third-order valence-electron chi connectivity index (χ3n) is 4.79. The number of benzene rings is 3. The Balaban J connectivity index is 1.80. The van der Waals surface area contributed by atoms with Crippen molar-refractivity contribution < 1.29 is 19.3 Å². The molecule has 4 rings (SSSR count). The molecular weight excluding hydrogens is 396 g/mol. The summed E-state index contributed by atoms with van der Waals surface area (Å²) in [7, 11) is 3.21. The van der Waals surface area contributed by atoms with Crippen LogP contribution in [-0.4, -0.2) is 19.3 Å². The predicted molar refractivity (Wildman–Crippen MR) is 104 cm³/mol. The zero-order valence-electron chi connectivity index (χ0n) is 14.5. The maximum atomic E-state index is 10.7. The molecule has 0 fully saturated rings. The minimum absolute atomic E-state index is 0.278. The summed E-state index contributed by atoms with van der Waals surface area (Å²) in [6, 6.07) is 15.9. The first-order valence-electron chi connectivity index (χ1n) is 8.40. The van der Waals surface area contributed by atoms with Crippen molar-refractivity contribution in [3.05, 3.63) is 64.1 Å². The fourth-order valence-electron chi connectivity index (χ4n) is 3.50. The van der Waals surface area contributed by atoms with E-state index in [1.807, 2.05) is 48.5 Å². The molecule has 0 saturated carbocycles. The second kappa shape index (κ2) is 6.82. The van der Waals surface area contributed by atoms with Crippen molar-refractivity contribution in [2.45, 2.75) is 18.6 Å². The summed E-state index contributed by atoms with van der Waals surface area (Å²) in [6.07, 6.45) is -0.382. The third-order valence-corrected chi connectivity index (χ3v) is 5.38. The van der Waals surface area contributed by atoms with Crippen molar-refractivity contribution in [3.63, 3.8) is 0 Å². The van der Waals surface area contributed by atoms with E-state index < -0.39 is 6.10 Å². The number of halogens is 1. The molecular formula is C21H19BrO4. The van der Waals surface area contributed by atoms with Crippen LogP contribution in [0.5, 0.6) is 17.2 Å². The van der Waals surface area contributed by atoms with Gasteiger partial charge in [-0.15, -0.1) is 0 Å². The molecule has 0 radical (unpaired) electrons. The van der Waals surface area contributed by atoms with Gasteiger partial charge in [0.2, 0.25) is 0 Å². The van der Waals surface area contributed by atoms with Crippen LogP contribution in [0.3, 0.4) is 0 Å². The van der Waals surface area contributed by atoms with Crippen LogP contribution in [0, 0.1) is 0 Å². The highest BCUT2D eigenvalue weighted by atomic mass is 79.9. The lowest BCUT2D eigenvalue weighted by Gasteiger charge is -2.31. The molecule has 1 aliphatic heterocycles. The summed E-state index contributed by atoms with van der Waals surface area (Å²) in [6.45, 7) is 0. The van der Waals surface area contributed by atoms with Crippen molar-refractivity contribution in [1.82, 2.24) is 0 Å². The van der Waals surface area contributed by atoms with E-state index in [1.54, 1.807) is 14.2 Å². The van der Waals surface area contributed by atoms with Crippen LogP contribution in [0.4, 0.5) is 0 Å². The van der Waals surface area contributed by atoms with Crippen LogP contribution in [0.1, 0.15) is 29.8 Å². The van der Waals surface area contributed by atoms with Gasteiger partial charge in [0.05, 0.1) is 24.8 Å². The Morgan fingerprint density at radius 2 is 1.88 bits per heavy atom. The quantitative estimate of drug-likeness (QED) is 0.641. The van der Waals surface area contributed by atoms with E-state index in [-0.39, 0.29) is 6.10 Å². The first kappa shape index (κ1) is 17.2. The van der Waals surface area contributed by atoms with E-state index in [1.165, 1.54) is 0 Å². The number of ether oxygens (including phenoxy) is 3. The second-order valence-electron chi connectivity index (χ2n) is 6.30. The van der Waals surface area contributed by atoms with Gasteiger partial charge in [-0.1, -0.05) is 36.4 Å². The minimum Gasteiger partial charge on any atom is -0.493 e. The largest absolute Gasteiger partial charge is 0.493 e. The van der Waals surface area contributed by atoms with Gasteiger partial charge in [0.1, 0.15) is 11.9 Å². The molecule has 2 atom stereocenters. The first-order chi connectivity index (χ1) is 12.6. The fraction of sp³-hybridized carbons (Fsp3) is 0.238. The van der Waals surface area contributed by atoms with Crippen molar-refractivity contribution in [2.24, 2.45) is 0 Å². The molecule has 0 aliphatic carbocycles. The zero-order chi connectivity index (χ0) is 18.3. The van der Waals surface area contributed by atoms with Gasteiger partial charge in [0.15, 0.2) is 11.5 Å².